The van der Waals surface area contributed by atoms with E-state index < -0.39 is 0 Å². The monoisotopic (exact) mass is 225 g/mol. The summed E-state index contributed by atoms with van der Waals surface area (Å²) >= 11 is 1.65. The van der Waals surface area contributed by atoms with Crippen LogP contribution >= 0.6 is 11.3 Å². The van der Waals surface area contributed by atoms with Crippen molar-refractivity contribution in [2.24, 2.45) is 11.8 Å². The van der Waals surface area contributed by atoms with Crippen LogP contribution in [0.1, 0.15) is 38.1 Å². The van der Waals surface area contributed by atoms with Crippen molar-refractivity contribution in [3.8, 4) is 0 Å². The molecule has 0 aromatic carbocycles. The molecule has 1 aromatic heterocycles. The Morgan fingerprint density at radius 1 is 1.27 bits per heavy atom. The van der Waals surface area contributed by atoms with Crippen molar-refractivity contribution in [3.63, 3.8) is 0 Å². The number of rotatable bonds is 2. The number of nitrogens with zero attached hydrogens (tertiary/aromatic N) is 2. The minimum Gasteiger partial charge on any atom is -0.357 e. The van der Waals surface area contributed by atoms with Gasteiger partial charge in [0.25, 0.3) is 0 Å². The van der Waals surface area contributed by atoms with Gasteiger partial charge in [-0.1, -0.05) is 31.6 Å². The molecule has 1 aliphatic carbocycles. The smallest absolute Gasteiger partial charge is 0.205 e. The zero-order chi connectivity index (χ0) is 10.8. The Morgan fingerprint density at radius 3 is 2.73 bits per heavy atom. The van der Waals surface area contributed by atoms with Gasteiger partial charge in [0.05, 0.1) is 0 Å². The zero-order valence-corrected chi connectivity index (χ0v) is 10.5. The van der Waals surface area contributed by atoms with Crippen LogP contribution in [0.25, 0.3) is 0 Å². The van der Waals surface area contributed by atoms with E-state index in [0.29, 0.717) is 6.04 Å². The van der Waals surface area contributed by atoms with Crippen LogP contribution in [0.5, 0.6) is 0 Å². The van der Waals surface area contributed by atoms with E-state index in [9.17, 15) is 0 Å². The molecule has 3 atom stereocenters. The molecule has 0 amide bonds. The van der Waals surface area contributed by atoms with Gasteiger partial charge in [0, 0.05) is 6.04 Å². The highest BCUT2D eigenvalue weighted by Crippen LogP contribution is 2.31. The van der Waals surface area contributed by atoms with E-state index in [2.05, 4.69) is 29.4 Å². The van der Waals surface area contributed by atoms with E-state index >= 15 is 0 Å². The standard InChI is InChI=1S/C11H19N3S/c1-7-4-5-8(2)10(6-7)12-11-14-13-9(3)15-11/h7-8,10H,4-6H2,1-3H3,(H,12,14). The quantitative estimate of drug-likeness (QED) is 0.840. The van der Waals surface area contributed by atoms with E-state index in [1.54, 1.807) is 11.3 Å². The van der Waals surface area contributed by atoms with Crippen molar-refractivity contribution in [3.05, 3.63) is 5.01 Å². The lowest BCUT2D eigenvalue weighted by Crippen LogP contribution is -2.33. The Labute approximate surface area is 95.3 Å². The van der Waals surface area contributed by atoms with Crippen molar-refractivity contribution in [1.82, 2.24) is 10.2 Å². The summed E-state index contributed by atoms with van der Waals surface area (Å²) in [7, 11) is 0. The van der Waals surface area contributed by atoms with Gasteiger partial charge < -0.3 is 5.32 Å². The number of nitrogens with one attached hydrogen (secondary N) is 1. The highest BCUT2D eigenvalue weighted by atomic mass is 32.1. The second-order valence-corrected chi connectivity index (χ2v) is 5.95. The molecular weight excluding hydrogens is 206 g/mol. The van der Waals surface area contributed by atoms with Gasteiger partial charge in [0.2, 0.25) is 5.13 Å². The molecule has 3 unspecified atom stereocenters. The molecule has 1 fully saturated rings. The Balaban J connectivity index is 1.98. The van der Waals surface area contributed by atoms with Crippen LogP contribution in [-0.2, 0) is 0 Å². The maximum Gasteiger partial charge on any atom is 0.205 e. The SMILES string of the molecule is Cc1nnc(NC2CC(C)CCC2C)s1. The van der Waals surface area contributed by atoms with Crippen LogP contribution in [-0.4, -0.2) is 16.2 Å². The molecule has 84 valence electrons. The highest BCUT2D eigenvalue weighted by molar-refractivity contribution is 7.15. The summed E-state index contributed by atoms with van der Waals surface area (Å²) < 4.78 is 0. The topological polar surface area (TPSA) is 37.8 Å². The van der Waals surface area contributed by atoms with Crippen LogP contribution in [0, 0.1) is 18.8 Å². The minimum absolute atomic E-state index is 0.584. The van der Waals surface area contributed by atoms with Crippen LogP contribution < -0.4 is 5.32 Å². The van der Waals surface area contributed by atoms with E-state index in [0.717, 1.165) is 22.0 Å². The Kier molecular flexibility index (Phi) is 3.24. The number of anilines is 1. The summed E-state index contributed by atoms with van der Waals surface area (Å²) in [6.07, 6.45) is 3.96. The summed E-state index contributed by atoms with van der Waals surface area (Å²) in [6.45, 7) is 6.67. The first-order valence-electron chi connectivity index (χ1n) is 5.72. The first kappa shape index (κ1) is 10.9. The lowest BCUT2D eigenvalue weighted by atomic mass is 9.80. The molecule has 1 aromatic rings. The van der Waals surface area contributed by atoms with Crippen molar-refractivity contribution in [2.45, 2.75) is 46.1 Å². The van der Waals surface area contributed by atoms with Gasteiger partial charge in [-0.3, -0.25) is 0 Å². The third kappa shape index (κ3) is 2.68. The fourth-order valence-corrected chi connectivity index (χ4v) is 2.90. The van der Waals surface area contributed by atoms with Crippen molar-refractivity contribution in [1.29, 1.82) is 0 Å². The molecule has 0 saturated heterocycles. The first-order valence-corrected chi connectivity index (χ1v) is 6.53. The predicted octanol–water partition coefficient (Wildman–Crippen LogP) is 3.08. The summed E-state index contributed by atoms with van der Waals surface area (Å²) in [5.41, 5.74) is 0. The van der Waals surface area contributed by atoms with Crippen LogP contribution in [0.4, 0.5) is 5.13 Å². The molecule has 1 aliphatic rings. The number of aromatic nitrogens is 2. The lowest BCUT2D eigenvalue weighted by Gasteiger charge is -2.32. The average molecular weight is 225 g/mol. The molecule has 1 heterocycles. The van der Waals surface area contributed by atoms with Crippen molar-refractivity contribution < 1.29 is 0 Å². The zero-order valence-electron chi connectivity index (χ0n) is 9.66. The molecular formula is C11H19N3S. The molecule has 15 heavy (non-hydrogen) atoms. The van der Waals surface area contributed by atoms with E-state index in [1.807, 2.05) is 6.92 Å². The molecule has 0 radical (unpaired) electrons. The van der Waals surface area contributed by atoms with Crippen molar-refractivity contribution in [2.75, 3.05) is 5.32 Å². The second-order valence-electron chi connectivity index (χ2n) is 4.77. The highest BCUT2D eigenvalue weighted by Gasteiger charge is 2.25. The largest absolute Gasteiger partial charge is 0.357 e. The van der Waals surface area contributed by atoms with Gasteiger partial charge in [-0.2, -0.15) is 0 Å². The Hall–Kier alpha value is -0.640. The Morgan fingerprint density at radius 2 is 2.07 bits per heavy atom. The molecule has 0 bridgehead atoms. The maximum absolute atomic E-state index is 4.13. The second kappa shape index (κ2) is 4.47. The summed E-state index contributed by atoms with van der Waals surface area (Å²) in [5.74, 6) is 1.60. The molecule has 1 saturated carbocycles. The molecule has 4 heteroatoms. The summed E-state index contributed by atoms with van der Waals surface area (Å²) in [6, 6.07) is 0.584. The number of hydrogen-bond donors (Lipinski definition) is 1. The molecule has 3 nitrogen and oxygen atoms in total. The van der Waals surface area contributed by atoms with E-state index in [1.165, 1.54) is 19.3 Å². The molecule has 0 spiro atoms. The van der Waals surface area contributed by atoms with E-state index in [-0.39, 0.29) is 0 Å². The van der Waals surface area contributed by atoms with Crippen LogP contribution in [0.15, 0.2) is 0 Å². The third-order valence-corrected chi connectivity index (χ3v) is 4.06. The molecule has 2 rings (SSSR count). The summed E-state index contributed by atoms with van der Waals surface area (Å²) in [4.78, 5) is 0. The fraction of sp³-hybridized carbons (Fsp3) is 0.818. The first-order chi connectivity index (χ1) is 7.15. The molecule has 1 N–H and O–H groups in total. The average Bonchev–Trinajstić information content (AvgIpc) is 2.58. The summed E-state index contributed by atoms with van der Waals surface area (Å²) in [5, 5.41) is 13.7. The Bertz CT molecular complexity index is 323. The van der Waals surface area contributed by atoms with Crippen molar-refractivity contribution >= 4 is 16.5 Å². The van der Waals surface area contributed by atoms with Gasteiger partial charge in [0.1, 0.15) is 5.01 Å². The van der Waals surface area contributed by atoms with Gasteiger partial charge in [-0.05, 0) is 31.6 Å². The van der Waals surface area contributed by atoms with Gasteiger partial charge in [-0.15, -0.1) is 10.2 Å². The van der Waals surface area contributed by atoms with Crippen LogP contribution in [0.3, 0.4) is 0 Å². The van der Waals surface area contributed by atoms with Crippen LogP contribution in [0.2, 0.25) is 0 Å². The maximum atomic E-state index is 4.13. The third-order valence-electron chi connectivity index (χ3n) is 3.29. The van der Waals surface area contributed by atoms with Gasteiger partial charge in [0.15, 0.2) is 0 Å². The number of aryl methyl sites for hydroxylation is 1. The fourth-order valence-electron chi connectivity index (χ4n) is 2.25. The minimum atomic E-state index is 0.584. The van der Waals surface area contributed by atoms with Gasteiger partial charge in [-0.25, -0.2) is 0 Å². The molecule has 0 aliphatic heterocycles. The lowest BCUT2D eigenvalue weighted by molar-refractivity contribution is 0.280. The van der Waals surface area contributed by atoms with E-state index in [4.69, 9.17) is 0 Å². The van der Waals surface area contributed by atoms with Gasteiger partial charge >= 0.3 is 0 Å². The number of hydrogen-bond acceptors (Lipinski definition) is 4. The normalized spacial score (nSPS) is 31.5. The predicted molar refractivity (Wildman–Crippen MR) is 64.2 cm³/mol.